The van der Waals surface area contributed by atoms with E-state index in [9.17, 15) is 0 Å². The van der Waals surface area contributed by atoms with Crippen LogP contribution in [-0.2, 0) is 0 Å². The summed E-state index contributed by atoms with van der Waals surface area (Å²) < 4.78 is 1.94. The van der Waals surface area contributed by atoms with Gasteiger partial charge in [-0.25, -0.2) is 0 Å². The molecule has 0 aromatic heterocycles. The first-order valence-electron chi connectivity index (χ1n) is 3.31. The minimum atomic E-state index is -0.334. The van der Waals surface area contributed by atoms with Crippen molar-refractivity contribution >= 4 is 31.9 Å². The first-order chi connectivity index (χ1) is 5.63. The monoisotopic (exact) mass is 287 g/mol. The number of nitrogens with two attached hydrogens (primary N) is 1. The van der Waals surface area contributed by atoms with Gasteiger partial charge in [-0.3, -0.25) is 0 Å². The van der Waals surface area contributed by atoms with Gasteiger partial charge in [0, 0.05) is 8.95 Å². The fraction of sp³-hybridized carbons (Fsp3) is 0.111. The summed E-state index contributed by atoms with van der Waals surface area (Å²) in [6.07, 6.45) is 5.20. The number of benzene rings is 1. The van der Waals surface area contributed by atoms with Crippen LogP contribution in [0.25, 0.3) is 0 Å². The van der Waals surface area contributed by atoms with Gasteiger partial charge in [0.05, 0.1) is 6.04 Å². The zero-order valence-electron chi connectivity index (χ0n) is 6.22. The molecule has 1 atom stereocenters. The van der Waals surface area contributed by atoms with E-state index in [2.05, 4.69) is 37.8 Å². The van der Waals surface area contributed by atoms with Gasteiger partial charge in [-0.15, -0.1) is 6.42 Å². The van der Waals surface area contributed by atoms with Crippen molar-refractivity contribution in [2.24, 2.45) is 5.73 Å². The Labute approximate surface area is 88.6 Å². The first kappa shape index (κ1) is 9.79. The van der Waals surface area contributed by atoms with Crippen LogP contribution in [0.5, 0.6) is 0 Å². The molecular formula is C9H7Br2N. The third-order valence-corrected chi connectivity index (χ3v) is 2.34. The normalized spacial score (nSPS) is 12.2. The fourth-order valence-corrected chi connectivity index (χ4v) is 2.18. The second-order valence-electron chi connectivity index (χ2n) is 2.35. The third-order valence-electron chi connectivity index (χ3n) is 1.42. The SMILES string of the molecule is C#CC(N)c1cc(Br)cc(Br)c1. The molecule has 3 heteroatoms. The summed E-state index contributed by atoms with van der Waals surface area (Å²) >= 11 is 6.71. The molecule has 1 rings (SSSR count). The fourth-order valence-electron chi connectivity index (χ4n) is 0.851. The van der Waals surface area contributed by atoms with Crippen molar-refractivity contribution in [3.63, 3.8) is 0 Å². The Morgan fingerprint density at radius 2 is 1.75 bits per heavy atom. The van der Waals surface area contributed by atoms with E-state index < -0.39 is 0 Å². The van der Waals surface area contributed by atoms with Crippen LogP contribution in [0, 0.1) is 12.3 Å². The van der Waals surface area contributed by atoms with E-state index in [1.54, 1.807) is 0 Å². The Hall–Kier alpha value is -0.300. The summed E-state index contributed by atoms with van der Waals surface area (Å²) in [5.74, 6) is 2.47. The topological polar surface area (TPSA) is 26.0 Å². The number of terminal acetylenes is 1. The van der Waals surface area contributed by atoms with E-state index >= 15 is 0 Å². The van der Waals surface area contributed by atoms with E-state index in [0.717, 1.165) is 14.5 Å². The van der Waals surface area contributed by atoms with Crippen molar-refractivity contribution < 1.29 is 0 Å². The number of hydrogen-bond donors (Lipinski definition) is 1. The maximum atomic E-state index is 5.65. The summed E-state index contributed by atoms with van der Waals surface area (Å²) in [7, 11) is 0. The van der Waals surface area contributed by atoms with Crippen molar-refractivity contribution in [3.8, 4) is 12.3 Å². The summed E-state index contributed by atoms with van der Waals surface area (Å²) in [4.78, 5) is 0. The number of hydrogen-bond acceptors (Lipinski definition) is 1. The predicted octanol–water partition coefficient (Wildman–Crippen LogP) is 2.84. The molecule has 1 aromatic rings. The lowest BCUT2D eigenvalue weighted by molar-refractivity contribution is 0.944. The number of halogens is 2. The molecule has 0 heterocycles. The molecule has 1 nitrogen and oxygen atoms in total. The molecule has 62 valence electrons. The Morgan fingerprint density at radius 1 is 1.25 bits per heavy atom. The van der Waals surface area contributed by atoms with Crippen LogP contribution in [0.2, 0.25) is 0 Å². The zero-order valence-corrected chi connectivity index (χ0v) is 9.39. The van der Waals surface area contributed by atoms with Crippen LogP contribution < -0.4 is 5.73 Å². The van der Waals surface area contributed by atoms with E-state index in [-0.39, 0.29) is 6.04 Å². The van der Waals surface area contributed by atoms with Crippen molar-refractivity contribution in [3.05, 3.63) is 32.7 Å². The zero-order chi connectivity index (χ0) is 9.14. The lowest BCUT2D eigenvalue weighted by Gasteiger charge is -2.05. The van der Waals surface area contributed by atoms with Gasteiger partial charge in [0.2, 0.25) is 0 Å². The summed E-state index contributed by atoms with van der Waals surface area (Å²) in [6.45, 7) is 0. The highest BCUT2D eigenvalue weighted by Crippen LogP contribution is 2.22. The van der Waals surface area contributed by atoms with Crippen molar-refractivity contribution in [2.45, 2.75) is 6.04 Å². The molecule has 1 aromatic carbocycles. The lowest BCUT2D eigenvalue weighted by Crippen LogP contribution is -2.06. The molecular weight excluding hydrogens is 282 g/mol. The van der Waals surface area contributed by atoms with E-state index in [1.807, 2.05) is 18.2 Å². The standard InChI is InChI=1S/C9H7Br2N/c1-2-9(12)6-3-7(10)5-8(11)4-6/h1,3-5,9H,12H2. The Bertz CT molecular complexity index is 308. The second-order valence-corrected chi connectivity index (χ2v) is 4.18. The van der Waals surface area contributed by atoms with Gasteiger partial charge in [0.15, 0.2) is 0 Å². The van der Waals surface area contributed by atoms with Crippen molar-refractivity contribution in [1.82, 2.24) is 0 Å². The van der Waals surface area contributed by atoms with Crippen LogP contribution >= 0.6 is 31.9 Å². The molecule has 0 aliphatic rings. The molecule has 1 unspecified atom stereocenters. The van der Waals surface area contributed by atoms with Gasteiger partial charge in [0.25, 0.3) is 0 Å². The molecule has 0 saturated heterocycles. The highest BCUT2D eigenvalue weighted by molar-refractivity contribution is 9.11. The minimum Gasteiger partial charge on any atom is -0.314 e. The predicted molar refractivity (Wildman–Crippen MR) is 57.6 cm³/mol. The van der Waals surface area contributed by atoms with E-state index in [4.69, 9.17) is 12.2 Å². The van der Waals surface area contributed by atoms with E-state index in [1.165, 1.54) is 0 Å². The molecule has 0 radical (unpaired) electrons. The molecule has 0 spiro atoms. The van der Waals surface area contributed by atoms with Gasteiger partial charge >= 0.3 is 0 Å². The Kier molecular flexibility index (Phi) is 3.33. The van der Waals surface area contributed by atoms with Crippen molar-refractivity contribution in [1.29, 1.82) is 0 Å². The van der Waals surface area contributed by atoms with Crippen LogP contribution in [0.1, 0.15) is 11.6 Å². The average molecular weight is 289 g/mol. The van der Waals surface area contributed by atoms with Gasteiger partial charge < -0.3 is 5.73 Å². The second kappa shape index (κ2) is 4.08. The minimum absolute atomic E-state index is 0.334. The Morgan fingerprint density at radius 3 is 2.17 bits per heavy atom. The third kappa shape index (κ3) is 2.34. The highest BCUT2D eigenvalue weighted by Gasteiger charge is 2.03. The van der Waals surface area contributed by atoms with Gasteiger partial charge in [-0.1, -0.05) is 37.8 Å². The molecule has 0 fully saturated rings. The van der Waals surface area contributed by atoms with E-state index in [0.29, 0.717) is 0 Å². The summed E-state index contributed by atoms with van der Waals surface area (Å²) in [5, 5.41) is 0. The lowest BCUT2D eigenvalue weighted by atomic mass is 10.1. The van der Waals surface area contributed by atoms with Crippen LogP contribution in [0.3, 0.4) is 0 Å². The molecule has 2 N–H and O–H groups in total. The Balaban J connectivity index is 3.10. The smallest absolute Gasteiger partial charge is 0.0919 e. The first-order valence-corrected chi connectivity index (χ1v) is 4.90. The maximum Gasteiger partial charge on any atom is 0.0919 e. The highest BCUT2D eigenvalue weighted by atomic mass is 79.9. The molecule has 0 saturated carbocycles. The van der Waals surface area contributed by atoms with Gasteiger partial charge in [-0.05, 0) is 23.8 Å². The van der Waals surface area contributed by atoms with Gasteiger partial charge in [-0.2, -0.15) is 0 Å². The molecule has 0 bridgehead atoms. The molecule has 0 amide bonds. The number of rotatable bonds is 1. The average Bonchev–Trinajstić information content (AvgIpc) is 2.01. The molecule has 0 aliphatic heterocycles. The summed E-state index contributed by atoms with van der Waals surface area (Å²) in [6, 6.07) is 5.43. The molecule has 0 aliphatic carbocycles. The molecule has 12 heavy (non-hydrogen) atoms. The van der Waals surface area contributed by atoms with Gasteiger partial charge in [0.1, 0.15) is 0 Å². The van der Waals surface area contributed by atoms with Crippen molar-refractivity contribution in [2.75, 3.05) is 0 Å². The quantitative estimate of drug-likeness (QED) is 0.790. The van der Waals surface area contributed by atoms with Crippen LogP contribution in [-0.4, -0.2) is 0 Å². The van der Waals surface area contributed by atoms with Crippen LogP contribution in [0.4, 0.5) is 0 Å². The maximum absolute atomic E-state index is 5.65. The van der Waals surface area contributed by atoms with Crippen LogP contribution in [0.15, 0.2) is 27.1 Å². The largest absolute Gasteiger partial charge is 0.314 e. The summed E-state index contributed by atoms with van der Waals surface area (Å²) in [5.41, 5.74) is 6.58.